The van der Waals surface area contributed by atoms with Gasteiger partial charge in [0, 0.05) is 29.6 Å². The van der Waals surface area contributed by atoms with E-state index in [1.807, 2.05) is 22.1 Å². The fourth-order valence-electron chi connectivity index (χ4n) is 2.24. The quantitative estimate of drug-likeness (QED) is 0.294. The molecule has 0 spiro atoms. The van der Waals surface area contributed by atoms with E-state index < -0.39 is 4.92 Å². The molecule has 0 N–H and O–H groups in total. The summed E-state index contributed by atoms with van der Waals surface area (Å²) in [7, 11) is 0. The molecule has 0 atom stereocenters. The number of rotatable bonds is 5. The van der Waals surface area contributed by atoms with Gasteiger partial charge in [-0.2, -0.15) is 4.99 Å². The maximum absolute atomic E-state index is 12.1. The van der Waals surface area contributed by atoms with Crippen LogP contribution in [0.2, 0.25) is 0 Å². The van der Waals surface area contributed by atoms with E-state index in [0.717, 1.165) is 10.4 Å². The number of nitrogens with zero attached hydrogens (tertiary/aromatic N) is 3. The van der Waals surface area contributed by atoms with E-state index in [4.69, 9.17) is 0 Å². The second-order valence-corrected chi connectivity index (χ2v) is 6.98. The molecule has 2 heterocycles. The number of aromatic nitrogens is 1. The largest absolute Gasteiger partial charge is 0.312 e. The van der Waals surface area contributed by atoms with Gasteiger partial charge >= 0.3 is 0 Å². The number of hydrogen-bond acceptors (Lipinski definition) is 5. The first-order valence-electron chi connectivity index (χ1n) is 7.27. The van der Waals surface area contributed by atoms with E-state index in [0.29, 0.717) is 16.0 Å². The predicted octanol–water partition coefficient (Wildman–Crippen LogP) is 4.00. The summed E-state index contributed by atoms with van der Waals surface area (Å²) in [6.45, 7) is 4.17. The van der Waals surface area contributed by atoms with Crippen molar-refractivity contribution in [2.45, 2.75) is 6.54 Å². The molecule has 0 radical (unpaired) electrons. The monoisotopic (exact) mass is 371 g/mol. The van der Waals surface area contributed by atoms with E-state index in [-0.39, 0.29) is 11.6 Å². The molecule has 0 bridgehead atoms. The molecule has 25 heavy (non-hydrogen) atoms. The highest BCUT2D eigenvalue weighted by molar-refractivity contribution is 7.16. The molecule has 0 saturated carbocycles. The fraction of sp³-hybridized carbons (Fsp3) is 0.0588. The Bertz CT molecular complexity index is 1040. The highest BCUT2D eigenvalue weighted by atomic mass is 32.1. The molecule has 1 aromatic carbocycles. The molecule has 0 aliphatic rings. The van der Waals surface area contributed by atoms with Crippen LogP contribution in [0.15, 0.2) is 59.4 Å². The number of carbonyl (C=O) groups excluding carboxylic acids is 1. The summed E-state index contributed by atoms with van der Waals surface area (Å²) in [4.78, 5) is 28.2. The van der Waals surface area contributed by atoms with E-state index in [1.165, 1.54) is 40.9 Å². The summed E-state index contributed by atoms with van der Waals surface area (Å²) in [6, 6.07) is 8.41. The molecular weight excluding hydrogens is 358 g/mol. The van der Waals surface area contributed by atoms with Gasteiger partial charge in [0.2, 0.25) is 0 Å². The van der Waals surface area contributed by atoms with Crippen LogP contribution >= 0.6 is 22.7 Å². The van der Waals surface area contributed by atoms with E-state index in [2.05, 4.69) is 11.6 Å². The number of hydrogen-bond donors (Lipinski definition) is 0. The average molecular weight is 371 g/mol. The summed E-state index contributed by atoms with van der Waals surface area (Å²) >= 11 is 2.77. The van der Waals surface area contributed by atoms with Crippen molar-refractivity contribution in [2.75, 3.05) is 0 Å². The Labute approximate surface area is 150 Å². The summed E-state index contributed by atoms with van der Waals surface area (Å²) in [5.74, 6) is -0.382. The minimum absolute atomic E-state index is 0.00923. The molecule has 0 aliphatic heterocycles. The van der Waals surface area contributed by atoms with Crippen molar-refractivity contribution in [3.05, 3.63) is 74.2 Å². The SMILES string of the molecule is C=CCn1c(=NC(=O)/C=C/c2cccs2)sc2cc([N+](=O)[O-])ccc21. The summed E-state index contributed by atoms with van der Waals surface area (Å²) in [6.07, 6.45) is 4.82. The van der Waals surface area contributed by atoms with Crippen LogP contribution < -0.4 is 4.80 Å². The normalized spacial score (nSPS) is 12.1. The van der Waals surface area contributed by atoms with Crippen molar-refractivity contribution in [2.24, 2.45) is 4.99 Å². The van der Waals surface area contributed by atoms with Crippen molar-refractivity contribution in [3.8, 4) is 0 Å². The lowest BCUT2D eigenvalue weighted by Gasteiger charge is -2.00. The fourth-order valence-corrected chi connectivity index (χ4v) is 3.93. The summed E-state index contributed by atoms with van der Waals surface area (Å²) < 4.78 is 2.51. The second-order valence-electron chi connectivity index (χ2n) is 4.99. The van der Waals surface area contributed by atoms with Crippen LogP contribution in [0.25, 0.3) is 16.3 Å². The first-order chi connectivity index (χ1) is 12.1. The molecule has 3 aromatic rings. The number of thiophene rings is 1. The Morgan fingerprint density at radius 1 is 1.40 bits per heavy atom. The Morgan fingerprint density at radius 3 is 2.92 bits per heavy atom. The van der Waals surface area contributed by atoms with Crippen LogP contribution in [0.1, 0.15) is 4.88 Å². The third kappa shape index (κ3) is 3.81. The molecule has 0 aliphatic carbocycles. The third-order valence-corrected chi connectivity index (χ3v) is 5.21. The lowest BCUT2D eigenvalue weighted by atomic mass is 10.3. The number of non-ortho nitro benzene ring substituents is 1. The zero-order valence-corrected chi connectivity index (χ0v) is 14.6. The van der Waals surface area contributed by atoms with Crippen molar-refractivity contribution in [1.82, 2.24) is 4.57 Å². The van der Waals surface area contributed by atoms with Gasteiger partial charge in [0.1, 0.15) is 0 Å². The third-order valence-electron chi connectivity index (χ3n) is 3.33. The minimum Gasteiger partial charge on any atom is -0.312 e. The number of amides is 1. The Morgan fingerprint density at radius 2 is 2.24 bits per heavy atom. The Balaban J connectivity index is 2.04. The van der Waals surface area contributed by atoms with Crippen LogP contribution in [-0.2, 0) is 11.3 Å². The smallest absolute Gasteiger partial charge is 0.272 e. The zero-order chi connectivity index (χ0) is 17.8. The van der Waals surface area contributed by atoms with Gasteiger partial charge in [-0.05, 0) is 23.6 Å². The van der Waals surface area contributed by atoms with E-state index in [9.17, 15) is 14.9 Å². The van der Waals surface area contributed by atoms with Crippen LogP contribution in [0.5, 0.6) is 0 Å². The minimum atomic E-state index is -0.442. The Kier molecular flexibility index (Phi) is 5.01. The van der Waals surface area contributed by atoms with Crippen molar-refractivity contribution >= 4 is 50.6 Å². The van der Waals surface area contributed by atoms with Crippen LogP contribution in [0, 0.1) is 10.1 Å². The highest BCUT2D eigenvalue weighted by Gasteiger charge is 2.11. The predicted molar refractivity (Wildman–Crippen MR) is 101 cm³/mol. The maximum Gasteiger partial charge on any atom is 0.272 e. The number of carbonyl (C=O) groups is 1. The van der Waals surface area contributed by atoms with Gasteiger partial charge in [0.25, 0.3) is 11.6 Å². The molecule has 0 unspecified atom stereocenters. The molecule has 2 aromatic heterocycles. The molecule has 126 valence electrons. The van der Waals surface area contributed by atoms with E-state index >= 15 is 0 Å². The molecular formula is C17H13N3O3S2. The first kappa shape index (κ1) is 17.0. The van der Waals surface area contributed by atoms with Gasteiger partial charge in [-0.1, -0.05) is 23.5 Å². The highest BCUT2D eigenvalue weighted by Crippen LogP contribution is 2.23. The van der Waals surface area contributed by atoms with Crippen LogP contribution in [-0.4, -0.2) is 15.4 Å². The topological polar surface area (TPSA) is 77.5 Å². The first-order valence-corrected chi connectivity index (χ1v) is 8.97. The summed E-state index contributed by atoms with van der Waals surface area (Å²) in [5, 5.41) is 12.9. The Hall–Kier alpha value is -2.84. The van der Waals surface area contributed by atoms with Crippen molar-refractivity contribution in [1.29, 1.82) is 0 Å². The molecule has 3 rings (SSSR count). The van der Waals surface area contributed by atoms with E-state index in [1.54, 1.807) is 18.2 Å². The zero-order valence-electron chi connectivity index (χ0n) is 13.0. The number of nitro groups is 1. The molecule has 8 heteroatoms. The van der Waals surface area contributed by atoms with Crippen LogP contribution in [0.4, 0.5) is 5.69 Å². The second kappa shape index (κ2) is 7.37. The standard InChI is InChI=1S/C17H13N3O3S2/c1-2-9-19-14-7-5-12(20(22)23)11-15(14)25-17(19)18-16(21)8-6-13-4-3-10-24-13/h2-8,10-11H,1,9H2/b8-6+,18-17?. The van der Waals surface area contributed by atoms with Crippen LogP contribution in [0.3, 0.4) is 0 Å². The number of thiazole rings is 1. The van der Waals surface area contributed by atoms with Gasteiger partial charge in [-0.15, -0.1) is 17.9 Å². The molecule has 0 fully saturated rings. The van der Waals surface area contributed by atoms with Crippen molar-refractivity contribution in [3.63, 3.8) is 0 Å². The molecule has 1 amide bonds. The lowest BCUT2D eigenvalue weighted by molar-refractivity contribution is -0.384. The summed E-state index contributed by atoms with van der Waals surface area (Å²) in [5.41, 5.74) is 0.791. The van der Waals surface area contributed by atoms with Gasteiger partial charge in [0.05, 0.1) is 15.1 Å². The molecule has 6 nitrogen and oxygen atoms in total. The van der Waals surface area contributed by atoms with Gasteiger partial charge < -0.3 is 4.57 Å². The maximum atomic E-state index is 12.1. The average Bonchev–Trinajstić information content (AvgIpc) is 3.21. The number of nitro benzene ring substituents is 1. The van der Waals surface area contributed by atoms with Crippen molar-refractivity contribution < 1.29 is 9.72 Å². The lowest BCUT2D eigenvalue weighted by Crippen LogP contribution is -2.15. The number of fused-ring (bicyclic) bond motifs is 1. The molecule has 0 saturated heterocycles. The van der Waals surface area contributed by atoms with Gasteiger partial charge in [-0.25, -0.2) is 0 Å². The number of allylic oxidation sites excluding steroid dienone is 1. The number of benzene rings is 1. The van der Waals surface area contributed by atoms with Gasteiger partial charge in [0.15, 0.2) is 4.80 Å². The van der Waals surface area contributed by atoms with Gasteiger partial charge in [-0.3, -0.25) is 14.9 Å².